The Morgan fingerprint density at radius 3 is 2.71 bits per heavy atom. The lowest BCUT2D eigenvalue weighted by molar-refractivity contribution is 0.546. The topological polar surface area (TPSA) is 28.2 Å². The summed E-state index contributed by atoms with van der Waals surface area (Å²) in [7, 11) is 0. The quantitative estimate of drug-likeness (QED) is 0.938. The van der Waals surface area contributed by atoms with Crippen molar-refractivity contribution in [2.45, 2.75) is 19.0 Å². The number of halogens is 2. The second-order valence-corrected chi connectivity index (χ2v) is 5.24. The third kappa shape index (κ3) is 3.19. The number of nitrogens with one attached hydrogen (secondary N) is 1. The largest absolute Gasteiger partial charge is 0.365 e. The molecule has 0 bridgehead atoms. The number of aromatic nitrogens is 1. The smallest absolute Gasteiger partial charge is 0.149 e. The number of benzene rings is 1. The normalized spacial score (nSPS) is 18.2. The summed E-state index contributed by atoms with van der Waals surface area (Å²) in [5, 5.41) is 3.41. The number of hydrogen-bond donors (Lipinski definition) is 1. The van der Waals surface area contributed by atoms with Crippen LogP contribution in [0.25, 0.3) is 0 Å². The Bertz CT molecular complexity index is 583. The highest BCUT2D eigenvalue weighted by Gasteiger charge is 2.26. The molecule has 21 heavy (non-hydrogen) atoms. The molecule has 1 saturated heterocycles. The van der Waals surface area contributed by atoms with Crippen LogP contribution in [0, 0.1) is 11.6 Å². The van der Waals surface area contributed by atoms with Crippen LogP contribution in [0.3, 0.4) is 0 Å². The summed E-state index contributed by atoms with van der Waals surface area (Å²) < 4.78 is 27.5. The van der Waals surface area contributed by atoms with Gasteiger partial charge in [-0.2, -0.15) is 0 Å². The Morgan fingerprint density at radius 1 is 1.19 bits per heavy atom. The minimum atomic E-state index is -0.497. The monoisotopic (exact) mass is 289 g/mol. The van der Waals surface area contributed by atoms with Crippen molar-refractivity contribution in [3.8, 4) is 0 Å². The summed E-state index contributed by atoms with van der Waals surface area (Å²) >= 11 is 0. The summed E-state index contributed by atoms with van der Waals surface area (Å²) in [4.78, 5) is 5.84. The van der Waals surface area contributed by atoms with Crippen LogP contribution >= 0.6 is 0 Å². The van der Waals surface area contributed by atoms with Crippen molar-refractivity contribution in [3.63, 3.8) is 0 Å². The fourth-order valence-electron chi connectivity index (χ4n) is 2.69. The van der Waals surface area contributed by atoms with Gasteiger partial charge in [0, 0.05) is 38.1 Å². The highest BCUT2D eigenvalue weighted by atomic mass is 19.1. The van der Waals surface area contributed by atoms with Gasteiger partial charge in [-0.15, -0.1) is 0 Å². The predicted molar refractivity (Wildman–Crippen MR) is 78.1 cm³/mol. The molecule has 1 atom stereocenters. The van der Waals surface area contributed by atoms with Gasteiger partial charge in [0.2, 0.25) is 0 Å². The van der Waals surface area contributed by atoms with Crippen molar-refractivity contribution < 1.29 is 8.78 Å². The van der Waals surface area contributed by atoms with Crippen molar-refractivity contribution in [2.24, 2.45) is 0 Å². The maximum Gasteiger partial charge on any atom is 0.149 e. The van der Waals surface area contributed by atoms with Crippen LogP contribution < -0.4 is 10.2 Å². The summed E-state index contributed by atoms with van der Waals surface area (Å²) in [5.41, 5.74) is 1.19. The Morgan fingerprint density at radius 2 is 2.00 bits per heavy atom. The molecule has 5 heteroatoms. The molecule has 3 nitrogen and oxygen atoms in total. The zero-order valence-corrected chi connectivity index (χ0v) is 11.6. The molecule has 3 rings (SSSR count). The molecule has 0 unspecified atom stereocenters. The van der Waals surface area contributed by atoms with Gasteiger partial charge in [-0.25, -0.2) is 8.78 Å². The number of hydrogen-bond acceptors (Lipinski definition) is 3. The molecule has 1 fully saturated rings. The average molecular weight is 289 g/mol. The van der Waals surface area contributed by atoms with Crippen molar-refractivity contribution in [2.75, 3.05) is 18.0 Å². The van der Waals surface area contributed by atoms with Crippen LogP contribution in [0.15, 0.2) is 42.7 Å². The lowest BCUT2D eigenvalue weighted by Crippen LogP contribution is -2.32. The van der Waals surface area contributed by atoms with Gasteiger partial charge in [-0.1, -0.05) is 12.1 Å². The molecule has 0 spiro atoms. The number of rotatable bonds is 4. The molecule has 1 aromatic heterocycles. The molecule has 1 aliphatic rings. The van der Waals surface area contributed by atoms with Gasteiger partial charge in [0.1, 0.15) is 17.3 Å². The van der Waals surface area contributed by atoms with Crippen LogP contribution in [0.1, 0.15) is 12.0 Å². The van der Waals surface area contributed by atoms with Crippen LogP contribution in [0.5, 0.6) is 0 Å². The molecule has 0 saturated carbocycles. The Kier molecular flexibility index (Phi) is 4.10. The van der Waals surface area contributed by atoms with Gasteiger partial charge in [0.25, 0.3) is 0 Å². The second-order valence-electron chi connectivity index (χ2n) is 5.24. The summed E-state index contributed by atoms with van der Waals surface area (Å²) in [6, 6.07) is 8.12. The first-order chi connectivity index (χ1) is 10.2. The van der Waals surface area contributed by atoms with Crippen LogP contribution in [-0.2, 0) is 6.54 Å². The molecule has 2 aromatic rings. The van der Waals surface area contributed by atoms with E-state index < -0.39 is 11.6 Å². The van der Waals surface area contributed by atoms with E-state index >= 15 is 0 Å². The standard InChI is InChI=1S/C16H17F2N3/c17-14-4-1-5-15(18)16(14)21-8-6-13(11-21)20-10-12-3-2-7-19-9-12/h1-5,7,9,13,20H,6,8,10-11H2/t13-/m0/s1. The highest BCUT2D eigenvalue weighted by Crippen LogP contribution is 2.26. The van der Waals surface area contributed by atoms with E-state index in [0.717, 1.165) is 12.0 Å². The summed E-state index contributed by atoms with van der Waals surface area (Å²) in [5.74, 6) is -0.995. The van der Waals surface area contributed by atoms with Crippen molar-refractivity contribution in [1.29, 1.82) is 0 Å². The number of para-hydroxylation sites is 1. The van der Waals surface area contributed by atoms with Gasteiger partial charge >= 0.3 is 0 Å². The van der Waals surface area contributed by atoms with Crippen molar-refractivity contribution >= 4 is 5.69 Å². The maximum atomic E-state index is 13.8. The lowest BCUT2D eigenvalue weighted by Gasteiger charge is -2.20. The molecule has 0 amide bonds. The van der Waals surface area contributed by atoms with E-state index in [1.54, 1.807) is 11.1 Å². The van der Waals surface area contributed by atoms with E-state index in [1.165, 1.54) is 18.2 Å². The molecule has 2 heterocycles. The van der Waals surface area contributed by atoms with Gasteiger partial charge in [0.15, 0.2) is 0 Å². The minimum Gasteiger partial charge on any atom is -0.365 e. The molecule has 0 radical (unpaired) electrons. The molecule has 1 aromatic carbocycles. The Labute approximate surface area is 122 Å². The van der Waals surface area contributed by atoms with E-state index in [0.29, 0.717) is 19.6 Å². The fraction of sp³-hybridized carbons (Fsp3) is 0.312. The van der Waals surface area contributed by atoms with E-state index in [2.05, 4.69) is 10.3 Å². The molecule has 1 N–H and O–H groups in total. The Balaban J connectivity index is 1.61. The molecular weight excluding hydrogens is 272 g/mol. The minimum absolute atomic E-state index is 0.0863. The number of pyridine rings is 1. The van der Waals surface area contributed by atoms with E-state index in [1.807, 2.05) is 18.3 Å². The second kappa shape index (κ2) is 6.18. The molecule has 1 aliphatic heterocycles. The SMILES string of the molecule is Fc1cccc(F)c1N1CC[C@H](NCc2cccnc2)C1. The first kappa shape index (κ1) is 13.9. The van der Waals surface area contributed by atoms with Gasteiger partial charge < -0.3 is 10.2 Å². The Hall–Kier alpha value is -2.01. The third-order valence-electron chi connectivity index (χ3n) is 3.76. The van der Waals surface area contributed by atoms with Crippen LogP contribution in [0.2, 0.25) is 0 Å². The highest BCUT2D eigenvalue weighted by molar-refractivity contribution is 5.50. The van der Waals surface area contributed by atoms with Crippen LogP contribution in [-0.4, -0.2) is 24.1 Å². The van der Waals surface area contributed by atoms with Crippen molar-refractivity contribution in [3.05, 3.63) is 59.9 Å². The van der Waals surface area contributed by atoms with E-state index in [4.69, 9.17) is 0 Å². The van der Waals surface area contributed by atoms with Gasteiger partial charge in [-0.3, -0.25) is 4.98 Å². The average Bonchev–Trinajstić information content (AvgIpc) is 2.95. The first-order valence-electron chi connectivity index (χ1n) is 7.05. The molecule has 110 valence electrons. The number of anilines is 1. The number of nitrogens with zero attached hydrogens (tertiary/aromatic N) is 2. The van der Waals surface area contributed by atoms with Gasteiger partial charge in [-0.05, 0) is 30.2 Å². The molecule has 0 aliphatic carbocycles. The van der Waals surface area contributed by atoms with E-state index in [-0.39, 0.29) is 11.7 Å². The molecular formula is C16H17F2N3. The van der Waals surface area contributed by atoms with Crippen LogP contribution in [0.4, 0.5) is 14.5 Å². The zero-order valence-electron chi connectivity index (χ0n) is 11.6. The van der Waals surface area contributed by atoms with Gasteiger partial charge in [0.05, 0.1) is 0 Å². The fourth-order valence-corrected chi connectivity index (χ4v) is 2.69. The lowest BCUT2D eigenvalue weighted by atomic mass is 10.2. The summed E-state index contributed by atoms with van der Waals surface area (Å²) in [6.45, 7) is 1.98. The maximum absolute atomic E-state index is 13.8. The zero-order chi connectivity index (χ0) is 14.7. The first-order valence-corrected chi connectivity index (χ1v) is 7.05. The van der Waals surface area contributed by atoms with Crippen molar-refractivity contribution in [1.82, 2.24) is 10.3 Å². The van der Waals surface area contributed by atoms with E-state index in [9.17, 15) is 8.78 Å². The predicted octanol–water partition coefficient (Wildman–Crippen LogP) is 2.73. The summed E-state index contributed by atoms with van der Waals surface area (Å²) in [6.07, 6.45) is 4.42. The third-order valence-corrected chi connectivity index (χ3v) is 3.76.